The fourth-order valence-corrected chi connectivity index (χ4v) is 6.03. The number of carbonyl (C=O) groups excluding carboxylic acids is 1. The Morgan fingerprint density at radius 2 is 1.68 bits per heavy atom. The zero-order valence-corrected chi connectivity index (χ0v) is 16.9. The van der Waals surface area contributed by atoms with Crippen molar-refractivity contribution in [2.45, 2.75) is 43.4 Å². The van der Waals surface area contributed by atoms with E-state index in [-0.39, 0.29) is 11.8 Å². The number of hydrogen-bond donors (Lipinski definition) is 0. The van der Waals surface area contributed by atoms with Crippen molar-refractivity contribution in [1.29, 1.82) is 0 Å². The lowest BCUT2D eigenvalue weighted by Crippen LogP contribution is -2.51. The minimum Gasteiger partial charge on any atom is -0.340 e. The van der Waals surface area contributed by atoms with Gasteiger partial charge in [-0.05, 0) is 25.0 Å². The Morgan fingerprint density at radius 3 is 2.39 bits per heavy atom. The predicted octanol–water partition coefficient (Wildman–Crippen LogP) is 3.04. The summed E-state index contributed by atoms with van der Waals surface area (Å²) in [7, 11) is -3.60. The normalized spacial score (nSPS) is 20.2. The van der Waals surface area contributed by atoms with Gasteiger partial charge in [-0.3, -0.25) is 9.78 Å². The molecule has 7 heteroatoms. The molecule has 1 aromatic carbocycles. The van der Waals surface area contributed by atoms with Crippen molar-refractivity contribution in [3.63, 3.8) is 0 Å². The highest BCUT2D eigenvalue weighted by Gasteiger charge is 2.33. The highest BCUT2D eigenvalue weighted by molar-refractivity contribution is 7.89. The second-order valence-electron chi connectivity index (χ2n) is 7.77. The highest BCUT2D eigenvalue weighted by Crippen LogP contribution is 2.28. The van der Waals surface area contributed by atoms with Gasteiger partial charge >= 0.3 is 0 Å². The van der Waals surface area contributed by atoms with Crippen LogP contribution in [0.4, 0.5) is 0 Å². The van der Waals surface area contributed by atoms with Gasteiger partial charge in [-0.1, -0.05) is 37.8 Å². The molecule has 2 aromatic rings. The van der Waals surface area contributed by atoms with Crippen molar-refractivity contribution < 1.29 is 13.2 Å². The smallest absolute Gasteiger partial charge is 0.243 e. The number of rotatable bonds is 3. The second kappa shape index (κ2) is 8.17. The third-order valence-electron chi connectivity index (χ3n) is 6.01. The number of carbonyl (C=O) groups is 1. The molecule has 1 aliphatic carbocycles. The molecule has 1 saturated carbocycles. The van der Waals surface area contributed by atoms with E-state index in [1.165, 1.54) is 17.1 Å². The van der Waals surface area contributed by atoms with Gasteiger partial charge in [-0.15, -0.1) is 0 Å². The maximum absolute atomic E-state index is 13.2. The Kier molecular flexibility index (Phi) is 5.64. The van der Waals surface area contributed by atoms with Crippen LogP contribution in [0.25, 0.3) is 10.8 Å². The number of fused-ring (bicyclic) bond motifs is 1. The van der Waals surface area contributed by atoms with E-state index >= 15 is 0 Å². The quantitative estimate of drug-likeness (QED) is 0.741. The van der Waals surface area contributed by atoms with E-state index < -0.39 is 10.0 Å². The van der Waals surface area contributed by atoms with Gasteiger partial charge in [0.25, 0.3) is 0 Å². The summed E-state index contributed by atoms with van der Waals surface area (Å²) in [5.74, 6) is 0.339. The molecule has 150 valence electrons. The van der Waals surface area contributed by atoms with Crippen molar-refractivity contribution in [3.05, 3.63) is 36.7 Å². The minimum atomic E-state index is -3.60. The van der Waals surface area contributed by atoms with E-state index in [0.717, 1.165) is 31.1 Å². The monoisotopic (exact) mass is 401 g/mol. The Morgan fingerprint density at radius 1 is 0.964 bits per heavy atom. The van der Waals surface area contributed by atoms with Crippen LogP contribution in [0.2, 0.25) is 0 Å². The number of amides is 1. The number of sulfonamides is 1. The van der Waals surface area contributed by atoms with E-state index in [2.05, 4.69) is 4.98 Å². The number of aromatic nitrogens is 1. The third-order valence-corrected chi connectivity index (χ3v) is 7.97. The third kappa shape index (κ3) is 3.78. The molecular weight excluding hydrogens is 374 g/mol. The molecule has 6 nitrogen and oxygen atoms in total. The van der Waals surface area contributed by atoms with E-state index in [0.29, 0.717) is 36.5 Å². The Hall–Kier alpha value is -1.99. The molecule has 0 unspecified atom stereocenters. The lowest BCUT2D eigenvalue weighted by Gasteiger charge is -2.35. The van der Waals surface area contributed by atoms with Crippen molar-refractivity contribution >= 4 is 26.7 Å². The average molecular weight is 402 g/mol. The first-order valence-corrected chi connectivity index (χ1v) is 11.6. The van der Waals surface area contributed by atoms with Crippen LogP contribution in [-0.2, 0) is 14.8 Å². The molecule has 2 aliphatic rings. The fourth-order valence-electron chi connectivity index (χ4n) is 4.39. The summed E-state index contributed by atoms with van der Waals surface area (Å²) >= 11 is 0. The van der Waals surface area contributed by atoms with Crippen molar-refractivity contribution in [2.75, 3.05) is 26.2 Å². The summed E-state index contributed by atoms with van der Waals surface area (Å²) < 4.78 is 28.0. The van der Waals surface area contributed by atoms with E-state index in [9.17, 15) is 13.2 Å². The molecule has 1 aliphatic heterocycles. The molecule has 0 N–H and O–H groups in total. The molecule has 0 bridgehead atoms. The molecule has 2 fully saturated rings. The van der Waals surface area contributed by atoms with Gasteiger partial charge in [-0.2, -0.15) is 4.31 Å². The summed E-state index contributed by atoms with van der Waals surface area (Å²) in [5, 5.41) is 1.50. The number of pyridine rings is 1. The number of hydrogen-bond acceptors (Lipinski definition) is 4. The first kappa shape index (κ1) is 19.3. The van der Waals surface area contributed by atoms with Gasteiger partial charge < -0.3 is 4.90 Å². The van der Waals surface area contributed by atoms with Gasteiger partial charge in [0.2, 0.25) is 15.9 Å². The van der Waals surface area contributed by atoms with Crippen LogP contribution in [0, 0.1) is 5.92 Å². The summed E-state index contributed by atoms with van der Waals surface area (Å²) in [6.07, 6.45) is 9.93. The summed E-state index contributed by atoms with van der Waals surface area (Å²) in [4.78, 5) is 19.1. The first-order chi connectivity index (χ1) is 13.6. The van der Waals surface area contributed by atoms with Gasteiger partial charge in [0.15, 0.2) is 0 Å². The topological polar surface area (TPSA) is 70.6 Å². The molecule has 0 atom stereocenters. The zero-order chi connectivity index (χ0) is 19.6. The Balaban J connectivity index is 1.47. The second-order valence-corrected chi connectivity index (χ2v) is 9.68. The SMILES string of the molecule is O=C(C1CCCCCC1)N1CCN(S(=O)(=O)c2cccc3cnccc23)CC1. The molecule has 1 aromatic heterocycles. The van der Waals surface area contributed by atoms with Crippen LogP contribution in [0.1, 0.15) is 38.5 Å². The van der Waals surface area contributed by atoms with Crippen LogP contribution in [0.5, 0.6) is 0 Å². The zero-order valence-electron chi connectivity index (χ0n) is 16.1. The van der Waals surface area contributed by atoms with Crippen LogP contribution in [0.3, 0.4) is 0 Å². The summed E-state index contributed by atoms with van der Waals surface area (Å²) in [6, 6.07) is 7.02. The Bertz CT molecular complexity index is 939. The molecule has 28 heavy (non-hydrogen) atoms. The number of benzene rings is 1. The van der Waals surface area contributed by atoms with Crippen LogP contribution < -0.4 is 0 Å². The Labute approximate surface area is 166 Å². The van der Waals surface area contributed by atoms with E-state index in [1.54, 1.807) is 30.6 Å². The molecule has 1 saturated heterocycles. The molecule has 2 heterocycles. The van der Waals surface area contributed by atoms with Crippen LogP contribution in [0.15, 0.2) is 41.6 Å². The predicted molar refractivity (Wildman–Crippen MR) is 108 cm³/mol. The van der Waals surface area contributed by atoms with Gasteiger partial charge in [0, 0.05) is 55.3 Å². The van der Waals surface area contributed by atoms with Crippen LogP contribution >= 0.6 is 0 Å². The van der Waals surface area contributed by atoms with Crippen molar-refractivity contribution in [2.24, 2.45) is 5.92 Å². The standard InChI is InChI=1S/C21H27N3O3S/c25-21(17-6-3-1-2-4-7-17)23-12-14-24(15-13-23)28(26,27)20-9-5-8-18-16-22-11-10-19(18)20/h5,8-11,16-17H,1-4,6-7,12-15H2. The lowest BCUT2D eigenvalue weighted by atomic mass is 9.98. The summed E-state index contributed by atoms with van der Waals surface area (Å²) in [6.45, 7) is 1.65. The fraction of sp³-hybridized carbons (Fsp3) is 0.524. The van der Waals surface area contributed by atoms with Crippen molar-refractivity contribution in [1.82, 2.24) is 14.2 Å². The molecule has 1 amide bonds. The van der Waals surface area contributed by atoms with Crippen molar-refractivity contribution in [3.8, 4) is 0 Å². The molecule has 4 rings (SSSR count). The first-order valence-electron chi connectivity index (χ1n) is 10.2. The van der Waals surface area contributed by atoms with Gasteiger partial charge in [-0.25, -0.2) is 8.42 Å². The van der Waals surface area contributed by atoms with Gasteiger partial charge in [0.1, 0.15) is 0 Å². The maximum atomic E-state index is 13.2. The maximum Gasteiger partial charge on any atom is 0.243 e. The number of piperazine rings is 1. The highest BCUT2D eigenvalue weighted by atomic mass is 32.2. The molecule has 0 radical (unpaired) electrons. The largest absolute Gasteiger partial charge is 0.340 e. The minimum absolute atomic E-state index is 0.122. The average Bonchev–Trinajstić information content (AvgIpc) is 3.02. The van der Waals surface area contributed by atoms with Crippen LogP contribution in [-0.4, -0.2) is 54.7 Å². The molecule has 0 spiro atoms. The summed E-state index contributed by atoms with van der Waals surface area (Å²) in [5.41, 5.74) is 0. The van der Waals surface area contributed by atoms with E-state index in [1.807, 2.05) is 11.0 Å². The lowest BCUT2D eigenvalue weighted by molar-refractivity contribution is -0.137. The van der Waals surface area contributed by atoms with Gasteiger partial charge in [0.05, 0.1) is 4.90 Å². The molecular formula is C21H27N3O3S. The van der Waals surface area contributed by atoms with E-state index in [4.69, 9.17) is 0 Å². The number of nitrogens with zero attached hydrogens (tertiary/aromatic N) is 3.